The maximum Gasteiger partial charge on any atom is 0.0807 e. The molecule has 1 fully saturated rings. The highest BCUT2D eigenvalue weighted by molar-refractivity contribution is 5.33. The minimum Gasteiger partial charge on any atom is -0.376 e. The Morgan fingerprint density at radius 1 is 1.25 bits per heavy atom. The summed E-state index contributed by atoms with van der Waals surface area (Å²) in [6.07, 6.45) is 2.63. The molecule has 1 saturated heterocycles. The third kappa shape index (κ3) is 2.45. The van der Waals surface area contributed by atoms with E-state index in [2.05, 4.69) is 32.0 Å². The topological polar surface area (TPSA) is 18.5 Å². The van der Waals surface area contributed by atoms with Crippen LogP contribution in [0.25, 0.3) is 0 Å². The van der Waals surface area contributed by atoms with E-state index in [1.165, 1.54) is 22.4 Å². The molecule has 0 amide bonds. The maximum absolute atomic E-state index is 5.30. The summed E-state index contributed by atoms with van der Waals surface area (Å²) in [5.41, 5.74) is 1.53. The number of aryl methyl sites for hydroxylation is 1. The Labute approximate surface area is 96.9 Å². The summed E-state index contributed by atoms with van der Waals surface area (Å²) >= 11 is 0. The van der Waals surface area contributed by atoms with Crippen molar-refractivity contribution in [3.63, 3.8) is 0 Å². The first kappa shape index (κ1) is 11.6. The van der Waals surface area contributed by atoms with Crippen molar-refractivity contribution in [2.24, 2.45) is 0 Å². The van der Waals surface area contributed by atoms with Gasteiger partial charge < -0.3 is 9.47 Å². The van der Waals surface area contributed by atoms with Gasteiger partial charge in [-0.3, -0.25) is 0 Å². The van der Waals surface area contributed by atoms with Gasteiger partial charge in [-0.1, -0.05) is 32.0 Å². The third-order valence-electron chi connectivity index (χ3n) is 3.14. The Morgan fingerprint density at radius 3 is 2.38 bits per heavy atom. The van der Waals surface area contributed by atoms with E-state index in [-0.39, 0.29) is 0 Å². The summed E-state index contributed by atoms with van der Waals surface area (Å²) in [5, 5.41) is 2.97. The molecule has 1 unspecified atom stereocenters. The van der Waals surface area contributed by atoms with Crippen LogP contribution in [0.2, 0.25) is 0 Å². The standard InChI is InChI=1S/C8H8.C6H12O2/c1-2-6-5-7-3-4-8(6)7;1-2-6-5-7-3-4-8-6/h3-5H,2H2,1H3;6H,2-5H2,1H3. The summed E-state index contributed by atoms with van der Waals surface area (Å²) in [7, 11) is 0. The van der Waals surface area contributed by atoms with Crippen molar-refractivity contribution in [3.05, 3.63) is 34.2 Å². The van der Waals surface area contributed by atoms with Crippen LogP contribution in [-0.2, 0) is 15.9 Å². The van der Waals surface area contributed by atoms with Crippen molar-refractivity contribution >= 4 is 0 Å². The molecular weight excluding hydrogens is 200 g/mol. The van der Waals surface area contributed by atoms with Gasteiger partial charge in [-0.2, -0.15) is 0 Å². The molecule has 1 heterocycles. The highest BCUT2D eigenvalue weighted by atomic mass is 16.6. The molecule has 16 heavy (non-hydrogen) atoms. The van der Waals surface area contributed by atoms with Crippen molar-refractivity contribution in [1.82, 2.24) is 0 Å². The van der Waals surface area contributed by atoms with Crippen LogP contribution in [0.4, 0.5) is 0 Å². The molecule has 0 N–H and O–H groups in total. The molecule has 3 rings (SSSR count). The zero-order valence-electron chi connectivity index (χ0n) is 10.2. The van der Waals surface area contributed by atoms with E-state index in [1.807, 2.05) is 0 Å². The smallest absolute Gasteiger partial charge is 0.0807 e. The first-order valence-electron chi connectivity index (χ1n) is 6.17. The van der Waals surface area contributed by atoms with Crippen molar-refractivity contribution < 1.29 is 9.47 Å². The summed E-state index contributed by atoms with van der Waals surface area (Å²) < 4.78 is 10.5. The van der Waals surface area contributed by atoms with Gasteiger partial charge in [0.2, 0.25) is 0 Å². The van der Waals surface area contributed by atoms with Gasteiger partial charge in [0.05, 0.1) is 25.9 Å². The monoisotopic (exact) mass is 220 g/mol. The minimum absolute atomic E-state index is 0.365. The van der Waals surface area contributed by atoms with E-state index in [0.717, 1.165) is 26.2 Å². The number of benzene rings is 1. The van der Waals surface area contributed by atoms with E-state index >= 15 is 0 Å². The fraction of sp³-hybridized carbons (Fsp3) is 0.571. The highest BCUT2D eigenvalue weighted by Gasteiger charge is 2.10. The van der Waals surface area contributed by atoms with Crippen LogP contribution in [0.15, 0.2) is 18.2 Å². The van der Waals surface area contributed by atoms with Crippen LogP contribution in [0, 0.1) is 10.4 Å². The predicted octanol–water partition coefficient (Wildman–Crippen LogP) is 2.66. The molecule has 0 bridgehead atoms. The fourth-order valence-electron chi connectivity index (χ4n) is 1.93. The second kappa shape index (κ2) is 5.46. The number of ether oxygens (including phenoxy) is 2. The minimum atomic E-state index is 0.365. The van der Waals surface area contributed by atoms with Gasteiger partial charge in [-0.25, -0.2) is 0 Å². The van der Waals surface area contributed by atoms with Gasteiger partial charge in [0, 0.05) is 0 Å². The van der Waals surface area contributed by atoms with Crippen LogP contribution in [0.3, 0.4) is 0 Å². The van der Waals surface area contributed by atoms with Crippen LogP contribution in [0.1, 0.15) is 25.8 Å². The van der Waals surface area contributed by atoms with Crippen molar-refractivity contribution in [3.8, 4) is 0 Å². The summed E-state index contributed by atoms with van der Waals surface area (Å²) in [6, 6.07) is 6.61. The molecule has 3 aliphatic rings. The molecule has 0 aromatic heterocycles. The van der Waals surface area contributed by atoms with E-state index in [0.29, 0.717) is 6.10 Å². The van der Waals surface area contributed by atoms with Gasteiger partial charge in [0.15, 0.2) is 0 Å². The normalized spacial score (nSPS) is 21.0. The second-order valence-electron chi connectivity index (χ2n) is 4.20. The van der Waals surface area contributed by atoms with Gasteiger partial charge in [0.1, 0.15) is 0 Å². The Bertz CT molecular complexity index is 419. The molecule has 1 aliphatic heterocycles. The SMILES string of the molecule is CCC1COCCO1.CCc1cc2ccc1=2. The Kier molecular flexibility index (Phi) is 3.97. The molecule has 0 aromatic rings. The van der Waals surface area contributed by atoms with E-state index in [1.54, 1.807) is 0 Å². The molecule has 0 spiro atoms. The summed E-state index contributed by atoms with van der Waals surface area (Å²) in [6.45, 7) is 6.65. The van der Waals surface area contributed by atoms with Gasteiger partial charge >= 0.3 is 0 Å². The van der Waals surface area contributed by atoms with Crippen molar-refractivity contribution in [2.45, 2.75) is 32.8 Å². The zero-order chi connectivity index (χ0) is 11.4. The lowest BCUT2D eigenvalue weighted by molar-refractivity contribution is -0.0887. The number of hydrogen-bond donors (Lipinski definition) is 0. The zero-order valence-corrected chi connectivity index (χ0v) is 10.2. The number of hydrogen-bond acceptors (Lipinski definition) is 2. The predicted molar refractivity (Wildman–Crippen MR) is 64.3 cm³/mol. The summed E-state index contributed by atoms with van der Waals surface area (Å²) in [5.74, 6) is 0. The molecule has 0 aromatic carbocycles. The van der Waals surface area contributed by atoms with Crippen LogP contribution < -0.4 is 0 Å². The second-order valence-corrected chi connectivity index (χ2v) is 4.20. The lowest BCUT2D eigenvalue weighted by Gasteiger charge is -2.20. The average Bonchev–Trinajstić information content (AvgIpc) is 2.34. The van der Waals surface area contributed by atoms with Crippen LogP contribution in [0.5, 0.6) is 0 Å². The fourth-order valence-corrected chi connectivity index (χ4v) is 1.93. The molecule has 1 atom stereocenters. The van der Waals surface area contributed by atoms with Crippen molar-refractivity contribution in [1.29, 1.82) is 0 Å². The van der Waals surface area contributed by atoms with Gasteiger partial charge in [-0.05, 0) is 28.8 Å². The van der Waals surface area contributed by atoms with Crippen molar-refractivity contribution in [2.75, 3.05) is 19.8 Å². The molecule has 0 radical (unpaired) electrons. The van der Waals surface area contributed by atoms with Crippen LogP contribution in [-0.4, -0.2) is 25.9 Å². The molecular formula is C14H20O2. The lowest BCUT2D eigenvalue weighted by atomic mass is 9.98. The molecule has 0 saturated carbocycles. The molecule has 2 aliphatic carbocycles. The molecule has 2 heteroatoms. The quantitative estimate of drug-likeness (QED) is 0.774. The molecule has 2 nitrogen and oxygen atoms in total. The van der Waals surface area contributed by atoms with E-state index in [4.69, 9.17) is 9.47 Å². The third-order valence-corrected chi connectivity index (χ3v) is 3.14. The van der Waals surface area contributed by atoms with Gasteiger partial charge in [-0.15, -0.1) is 0 Å². The van der Waals surface area contributed by atoms with E-state index < -0.39 is 0 Å². The lowest BCUT2D eigenvalue weighted by Crippen LogP contribution is -2.27. The Hall–Kier alpha value is -0.860. The first-order chi connectivity index (χ1) is 7.85. The van der Waals surface area contributed by atoms with Gasteiger partial charge in [0.25, 0.3) is 0 Å². The number of rotatable bonds is 2. The van der Waals surface area contributed by atoms with E-state index in [9.17, 15) is 0 Å². The Morgan fingerprint density at radius 2 is 2.12 bits per heavy atom. The Balaban J connectivity index is 0.000000120. The maximum atomic E-state index is 5.30. The molecule has 88 valence electrons. The average molecular weight is 220 g/mol. The summed E-state index contributed by atoms with van der Waals surface area (Å²) in [4.78, 5) is 0. The highest BCUT2D eigenvalue weighted by Crippen LogP contribution is 2.15. The van der Waals surface area contributed by atoms with Crippen LogP contribution >= 0.6 is 0 Å². The largest absolute Gasteiger partial charge is 0.376 e. The first-order valence-corrected chi connectivity index (χ1v) is 6.17.